The number of benzene rings is 1. The van der Waals surface area contributed by atoms with Gasteiger partial charge in [0.1, 0.15) is 5.92 Å². The normalized spacial score (nSPS) is 21.5. The number of unbranched alkanes of at least 4 members (excludes halogenated alkanes) is 1. The molecule has 1 aromatic rings. The molecule has 1 heterocycles. The van der Waals surface area contributed by atoms with Crippen molar-refractivity contribution in [3.63, 3.8) is 0 Å². The van der Waals surface area contributed by atoms with Crippen molar-refractivity contribution in [1.29, 1.82) is 0 Å². The van der Waals surface area contributed by atoms with Crippen molar-refractivity contribution >= 4 is 33.4 Å². The summed E-state index contributed by atoms with van der Waals surface area (Å²) in [6.45, 7) is 4.19. The van der Waals surface area contributed by atoms with Gasteiger partial charge in [-0.3, -0.25) is 14.6 Å². The highest BCUT2D eigenvalue weighted by Gasteiger charge is 2.43. The maximum absolute atomic E-state index is 13.0. The highest BCUT2D eigenvalue weighted by atomic mass is 79.9. The Bertz CT molecular complexity index is 889. The van der Waals surface area contributed by atoms with Crippen LogP contribution in [0.2, 0.25) is 0 Å². The molecule has 6 nitrogen and oxygen atoms in total. The first-order valence-corrected chi connectivity index (χ1v) is 10.7. The Kier molecular flexibility index (Phi) is 6.77. The number of hydrogen-bond donors (Lipinski definition) is 1. The molecule has 1 unspecified atom stereocenters. The number of aromatic hydroxyl groups is 1. The van der Waals surface area contributed by atoms with Crippen LogP contribution in [0, 0.1) is 5.92 Å². The number of rotatable bonds is 6. The van der Waals surface area contributed by atoms with E-state index in [1.54, 1.807) is 12.1 Å². The fraction of sp³-hybridized carbons (Fsp3) is 0.500. The summed E-state index contributed by atoms with van der Waals surface area (Å²) >= 11 is 3.35. The van der Waals surface area contributed by atoms with Gasteiger partial charge in [0.25, 0.3) is 0 Å². The van der Waals surface area contributed by atoms with Gasteiger partial charge in [0.05, 0.1) is 18.2 Å². The molecule has 29 heavy (non-hydrogen) atoms. The highest BCUT2D eigenvalue weighted by molar-refractivity contribution is 9.10. The molecule has 156 valence electrons. The zero-order valence-corrected chi connectivity index (χ0v) is 18.5. The van der Waals surface area contributed by atoms with Gasteiger partial charge in [-0.25, -0.2) is 0 Å². The van der Waals surface area contributed by atoms with Crippen LogP contribution in [-0.2, 0) is 14.3 Å². The third-order valence-corrected chi connectivity index (χ3v) is 6.06. The molecule has 0 spiro atoms. The van der Waals surface area contributed by atoms with E-state index in [9.17, 15) is 14.7 Å². The summed E-state index contributed by atoms with van der Waals surface area (Å²) in [5, 5.41) is 10.2. The number of esters is 1. The summed E-state index contributed by atoms with van der Waals surface area (Å²) in [6, 6.07) is 3.42. The van der Waals surface area contributed by atoms with Crippen LogP contribution < -0.4 is 4.74 Å². The summed E-state index contributed by atoms with van der Waals surface area (Å²) in [5.74, 6) is -1.31. The maximum Gasteiger partial charge on any atom is 0.315 e. The number of carbonyl (C=O) groups excluding carboxylic acids is 2. The van der Waals surface area contributed by atoms with Gasteiger partial charge in [-0.2, -0.15) is 0 Å². The van der Waals surface area contributed by atoms with E-state index >= 15 is 0 Å². The summed E-state index contributed by atoms with van der Waals surface area (Å²) in [6.07, 6.45) is 3.62. The van der Waals surface area contributed by atoms with Gasteiger partial charge in [-0.05, 0) is 59.8 Å². The Morgan fingerprint density at radius 3 is 2.79 bits per heavy atom. The molecule has 2 atom stereocenters. The van der Waals surface area contributed by atoms with E-state index in [2.05, 4.69) is 20.9 Å². The van der Waals surface area contributed by atoms with Crippen LogP contribution >= 0.6 is 15.9 Å². The molecule has 0 saturated heterocycles. The molecule has 1 N–H and O–H groups in total. The SMILES string of the molecule is CCCCOC(=O)C1C(C)=NC2=C(C(=O)CCC2)[C@H]1c1cc(Br)c(O)c(OC)c1. The molecule has 1 aliphatic carbocycles. The Morgan fingerprint density at radius 1 is 1.34 bits per heavy atom. The number of ether oxygens (including phenoxy) is 2. The van der Waals surface area contributed by atoms with Crippen LogP contribution in [0.1, 0.15) is 57.4 Å². The van der Waals surface area contributed by atoms with Gasteiger partial charge >= 0.3 is 5.97 Å². The number of methoxy groups -OCH3 is 1. The largest absolute Gasteiger partial charge is 0.503 e. The zero-order valence-electron chi connectivity index (χ0n) is 17.0. The van der Waals surface area contributed by atoms with Crippen molar-refractivity contribution in [1.82, 2.24) is 0 Å². The van der Waals surface area contributed by atoms with Crippen molar-refractivity contribution in [2.45, 2.75) is 51.9 Å². The van der Waals surface area contributed by atoms with Crippen molar-refractivity contribution in [2.75, 3.05) is 13.7 Å². The number of phenols is 1. The topological polar surface area (TPSA) is 85.2 Å². The molecule has 0 saturated carbocycles. The van der Waals surface area contributed by atoms with Crippen molar-refractivity contribution in [3.8, 4) is 11.5 Å². The molecule has 3 rings (SSSR count). The lowest BCUT2D eigenvalue weighted by molar-refractivity contribution is -0.146. The number of hydrogen-bond acceptors (Lipinski definition) is 6. The van der Waals surface area contributed by atoms with E-state index in [4.69, 9.17) is 9.47 Å². The van der Waals surface area contributed by atoms with Gasteiger partial charge in [0, 0.05) is 29.3 Å². The van der Waals surface area contributed by atoms with Gasteiger partial charge in [-0.15, -0.1) is 0 Å². The third kappa shape index (κ3) is 4.25. The first-order chi connectivity index (χ1) is 13.9. The average molecular weight is 464 g/mol. The van der Waals surface area contributed by atoms with Crippen LogP contribution in [0.25, 0.3) is 0 Å². The third-order valence-electron chi connectivity index (χ3n) is 5.46. The van der Waals surface area contributed by atoms with E-state index < -0.39 is 11.8 Å². The van der Waals surface area contributed by atoms with Gasteiger partial charge < -0.3 is 14.6 Å². The summed E-state index contributed by atoms with van der Waals surface area (Å²) in [4.78, 5) is 30.5. The lowest BCUT2D eigenvalue weighted by Crippen LogP contribution is -2.37. The van der Waals surface area contributed by atoms with E-state index in [-0.39, 0.29) is 23.3 Å². The Hall–Kier alpha value is -2.15. The smallest absolute Gasteiger partial charge is 0.315 e. The minimum atomic E-state index is -0.686. The second-order valence-electron chi connectivity index (χ2n) is 7.42. The van der Waals surface area contributed by atoms with E-state index in [1.807, 2.05) is 13.8 Å². The van der Waals surface area contributed by atoms with Crippen molar-refractivity contribution < 1.29 is 24.2 Å². The van der Waals surface area contributed by atoms with Crippen LogP contribution in [0.5, 0.6) is 11.5 Å². The van der Waals surface area contributed by atoms with Gasteiger partial charge in [-0.1, -0.05) is 13.3 Å². The molecule has 1 aliphatic heterocycles. The van der Waals surface area contributed by atoms with Crippen LogP contribution in [-0.4, -0.2) is 36.3 Å². The second kappa shape index (κ2) is 9.11. The zero-order chi connectivity index (χ0) is 21.1. The molecule has 0 fully saturated rings. The second-order valence-corrected chi connectivity index (χ2v) is 8.27. The lowest BCUT2D eigenvalue weighted by atomic mass is 9.71. The fourth-order valence-corrected chi connectivity index (χ4v) is 4.47. The number of halogens is 1. The number of nitrogens with zero attached hydrogens (tertiary/aromatic N) is 1. The summed E-state index contributed by atoms with van der Waals surface area (Å²) in [7, 11) is 1.46. The first kappa shape index (κ1) is 21.6. The van der Waals surface area contributed by atoms with Gasteiger partial charge in [0.15, 0.2) is 17.3 Å². The summed E-state index contributed by atoms with van der Waals surface area (Å²) < 4.78 is 11.3. The molecule has 1 aromatic carbocycles. The van der Waals surface area contributed by atoms with E-state index in [0.717, 1.165) is 25.0 Å². The van der Waals surface area contributed by atoms with Crippen LogP contribution in [0.15, 0.2) is 32.9 Å². The number of ketones is 1. The van der Waals surface area contributed by atoms with Gasteiger partial charge in [0.2, 0.25) is 0 Å². The van der Waals surface area contributed by atoms with Crippen LogP contribution in [0.4, 0.5) is 0 Å². The number of carbonyl (C=O) groups is 2. The quantitative estimate of drug-likeness (QED) is 0.488. The fourth-order valence-electron chi connectivity index (χ4n) is 4.01. The monoisotopic (exact) mass is 463 g/mol. The van der Waals surface area contributed by atoms with Crippen molar-refractivity contribution in [2.24, 2.45) is 10.9 Å². The first-order valence-electron chi connectivity index (χ1n) is 9.93. The molecule has 0 aromatic heterocycles. The number of Topliss-reactive ketones (excluding diaryl/α,β-unsaturated/α-hetero) is 1. The minimum absolute atomic E-state index is 0.0158. The summed E-state index contributed by atoms with van der Waals surface area (Å²) in [5.41, 5.74) is 2.69. The van der Waals surface area contributed by atoms with Crippen molar-refractivity contribution in [3.05, 3.63) is 33.4 Å². The molecule has 7 heteroatoms. The maximum atomic E-state index is 13.0. The minimum Gasteiger partial charge on any atom is -0.503 e. The average Bonchev–Trinajstić information content (AvgIpc) is 2.69. The van der Waals surface area contributed by atoms with E-state index in [1.165, 1.54) is 7.11 Å². The standard InChI is InChI=1S/C22H26BrNO5/c1-4-5-9-29-22(27)18-12(2)24-15-7-6-8-16(25)20(15)19(18)13-10-14(23)21(26)17(11-13)28-3/h10-11,18-19,26H,4-9H2,1-3H3/t18?,19-/m0/s1. The molecule has 0 radical (unpaired) electrons. The number of phenolic OH excluding ortho intramolecular Hbond substituents is 1. The molecule has 0 amide bonds. The Morgan fingerprint density at radius 2 is 2.10 bits per heavy atom. The lowest BCUT2D eigenvalue weighted by Gasteiger charge is -2.34. The predicted molar refractivity (Wildman–Crippen MR) is 113 cm³/mol. The molecular formula is C22H26BrNO5. The highest BCUT2D eigenvalue weighted by Crippen LogP contribution is 2.46. The predicted octanol–water partition coefficient (Wildman–Crippen LogP) is 4.69. The number of aliphatic imine (C=N–C) groups is 1. The Balaban J connectivity index is 2.12. The van der Waals surface area contributed by atoms with E-state index in [0.29, 0.717) is 40.8 Å². The number of allylic oxidation sites excluding steroid dienone is 2. The molecule has 2 aliphatic rings. The Labute approximate surface area is 179 Å². The molecule has 0 bridgehead atoms. The van der Waals surface area contributed by atoms with Crippen LogP contribution in [0.3, 0.4) is 0 Å². The molecular weight excluding hydrogens is 438 g/mol.